The van der Waals surface area contributed by atoms with Gasteiger partial charge in [0, 0.05) is 12.1 Å². The maximum absolute atomic E-state index is 11.0. The lowest BCUT2D eigenvalue weighted by Crippen LogP contribution is -2.10. The predicted octanol–water partition coefficient (Wildman–Crippen LogP) is 0.633. The van der Waals surface area contributed by atoms with E-state index in [1.807, 2.05) is 0 Å². The average Bonchev–Trinajstić information content (AvgIpc) is 3.03. The molecule has 1 aliphatic carbocycles. The first-order chi connectivity index (χ1) is 8.25. The van der Waals surface area contributed by atoms with Gasteiger partial charge in [0.05, 0.1) is 11.3 Å². The van der Waals surface area contributed by atoms with Crippen LogP contribution in [0, 0.1) is 0 Å². The molecular weight excluding hydrogens is 222 g/mol. The van der Waals surface area contributed by atoms with Crippen molar-refractivity contribution in [2.45, 2.75) is 18.8 Å². The van der Waals surface area contributed by atoms with Crippen LogP contribution in [-0.2, 0) is 0 Å². The number of nitrogens with zero attached hydrogens (tertiary/aromatic N) is 5. The second-order valence-corrected chi connectivity index (χ2v) is 3.89. The lowest BCUT2D eigenvalue weighted by Gasteiger charge is -2.05. The highest BCUT2D eigenvalue weighted by Crippen LogP contribution is 2.40. The largest absolute Gasteiger partial charge is 0.478 e. The van der Waals surface area contributed by atoms with Gasteiger partial charge in [-0.05, 0) is 12.8 Å². The number of carbonyl (C=O) groups is 1. The molecule has 0 spiro atoms. The van der Waals surface area contributed by atoms with Crippen molar-refractivity contribution in [2.75, 3.05) is 0 Å². The van der Waals surface area contributed by atoms with Crippen LogP contribution in [-0.4, -0.2) is 35.8 Å². The van der Waals surface area contributed by atoms with E-state index >= 15 is 0 Å². The Morgan fingerprint density at radius 3 is 2.88 bits per heavy atom. The quantitative estimate of drug-likeness (QED) is 0.832. The summed E-state index contributed by atoms with van der Waals surface area (Å²) in [6.45, 7) is 0. The summed E-state index contributed by atoms with van der Waals surface area (Å²) in [7, 11) is 0. The molecule has 0 saturated heterocycles. The van der Waals surface area contributed by atoms with Crippen LogP contribution < -0.4 is 0 Å². The molecule has 3 rings (SSSR count). The smallest absolute Gasteiger partial charge is 0.339 e. The Morgan fingerprint density at radius 2 is 2.29 bits per heavy atom. The maximum Gasteiger partial charge on any atom is 0.339 e. The molecule has 1 saturated carbocycles. The molecule has 0 radical (unpaired) electrons. The summed E-state index contributed by atoms with van der Waals surface area (Å²) in [6, 6.07) is 0. The number of hydrogen-bond donors (Lipinski definition) is 1. The van der Waals surface area contributed by atoms with Gasteiger partial charge in [-0.2, -0.15) is 9.78 Å². The molecule has 1 N–H and O–H groups in total. The summed E-state index contributed by atoms with van der Waals surface area (Å²) in [5, 5.41) is 13.0. The SMILES string of the molecule is O=C(O)c1cnc(-n2cncn2)nc1C1CC1. The number of aromatic carboxylic acids is 1. The normalized spacial score (nSPS) is 14.8. The summed E-state index contributed by atoms with van der Waals surface area (Å²) in [4.78, 5) is 23.1. The molecule has 0 aromatic carbocycles. The molecule has 0 unspecified atom stereocenters. The van der Waals surface area contributed by atoms with Crippen molar-refractivity contribution in [3.8, 4) is 5.95 Å². The van der Waals surface area contributed by atoms with Gasteiger partial charge in [0.25, 0.3) is 5.95 Å². The molecule has 0 amide bonds. The zero-order valence-corrected chi connectivity index (χ0v) is 8.82. The van der Waals surface area contributed by atoms with E-state index < -0.39 is 5.97 Å². The minimum Gasteiger partial charge on any atom is -0.478 e. The van der Waals surface area contributed by atoms with E-state index in [9.17, 15) is 4.79 Å². The monoisotopic (exact) mass is 231 g/mol. The standard InChI is InChI=1S/C10H9N5O2/c16-9(17)7-3-12-10(15-5-11-4-13-15)14-8(7)6-1-2-6/h3-6H,1-2H2,(H,16,17). The molecule has 0 atom stereocenters. The van der Waals surface area contributed by atoms with Gasteiger partial charge in [-0.25, -0.2) is 19.7 Å². The van der Waals surface area contributed by atoms with E-state index in [0.717, 1.165) is 12.8 Å². The van der Waals surface area contributed by atoms with E-state index in [0.29, 0.717) is 11.6 Å². The first-order valence-electron chi connectivity index (χ1n) is 5.21. The van der Waals surface area contributed by atoms with Crippen LogP contribution in [0.1, 0.15) is 34.8 Å². The van der Waals surface area contributed by atoms with Crippen molar-refractivity contribution in [1.29, 1.82) is 0 Å². The fourth-order valence-electron chi connectivity index (χ4n) is 1.64. The highest BCUT2D eigenvalue weighted by Gasteiger charge is 2.30. The molecule has 0 aliphatic heterocycles. The Labute approximate surface area is 96.2 Å². The highest BCUT2D eigenvalue weighted by atomic mass is 16.4. The summed E-state index contributed by atoms with van der Waals surface area (Å²) < 4.78 is 1.41. The topological polar surface area (TPSA) is 93.8 Å². The molecule has 1 fully saturated rings. The molecule has 2 aromatic rings. The van der Waals surface area contributed by atoms with Crippen LogP contribution in [0.5, 0.6) is 0 Å². The Hall–Kier alpha value is -2.31. The van der Waals surface area contributed by atoms with Crippen molar-refractivity contribution >= 4 is 5.97 Å². The molecule has 7 nitrogen and oxygen atoms in total. The van der Waals surface area contributed by atoms with E-state index in [1.165, 1.54) is 23.5 Å². The third-order valence-electron chi connectivity index (χ3n) is 2.62. The lowest BCUT2D eigenvalue weighted by molar-refractivity contribution is 0.0694. The fourth-order valence-corrected chi connectivity index (χ4v) is 1.64. The first-order valence-corrected chi connectivity index (χ1v) is 5.21. The van der Waals surface area contributed by atoms with Gasteiger partial charge in [-0.15, -0.1) is 0 Å². The summed E-state index contributed by atoms with van der Waals surface area (Å²) in [5.41, 5.74) is 0.773. The summed E-state index contributed by atoms with van der Waals surface area (Å²) in [5.74, 6) is -0.391. The van der Waals surface area contributed by atoms with Crippen LogP contribution in [0.15, 0.2) is 18.9 Å². The Morgan fingerprint density at radius 1 is 1.47 bits per heavy atom. The molecule has 17 heavy (non-hydrogen) atoms. The maximum atomic E-state index is 11.0. The zero-order chi connectivity index (χ0) is 11.8. The van der Waals surface area contributed by atoms with Crippen LogP contribution in [0.4, 0.5) is 0 Å². The third-order valence-corrected chi connectivity index (χ3v) is 2.62. The van der Waals surface area contributed by atoms with Gasteiger partial charge in [-0.1, -0.05) is 0 Å². The number of rotatable bonds is 3. The van der Waals surface area contributed by atoms with Crippen LogP contribution in [0.25, 0.3) is 5.95 Å². The molecule has 1 aliphatic rings. The second-order valence-electron chi connectivity index (χ2n) is 3.89. The van der Waals surface area contributed by atoms with E-state index in [1.54, 1.807) is 0 Å². The van der Waals surface area contributed by atoms with Gasteiger partial charge in [-0.3, -0.25) is 0 Å². The molecule has 2 heterocycles. The van der Waals surface area contributed by atoms with E-state index in [-0.39, 0.29) is 11.5 Å². The molecule has 0 bridgehead atoms. The van der Waals surface area contributed by atoms with Crippen molar-refractivity contribution in [3.05, 3.63) is 30.1 Å². The lowest BCUT2D eigenvalue weighted by atomic mass is 10.1. The molecular formula is C10H9N5O2. The minimum atomic E-state index is -0.989. The fraction of sp³-hybridized carbons (Fsp3) is 0.300. The zero-order valence-electron chi connectivity index (χ0n) is 8.82. The number of hydrogen-bond acceptors (Lipinski definition) is 5. The number of carboxylic acid groups (broad SMARTS) is 1. The second kappa shape index (κ2) is 3.62. The summed E-state index contributed by atoms with van der Waals surface area (Å²) >= 11 is 0. The number of carboxylic acids is 1. The van der Waals surface area contributed by atoms with Crippen molar-refractivity contribution in [3.63, 3.8) is 0 Å². The van der Waals surface area contributed by atoms with Gasteiger partial charge in [0.2, 0.25) is 0 Å². The Balaban J connectivity index is 2.09. The first kappa shape index (κ1) is 9.88. The van der Waals surface area contributed by atoms with Crippen LogP contribution in [0.3, 0.4) is 0 Å². The minimum absolute atomic E-state index is 0.177. The number of aromatic nitrogens is 5. The summed E-state index contributed by atoms with van der Waals surface area (Å²) in [6.07, 6.45) is 6.15. The molecule has 2 aromatic heterocycles. The van der Waals surface area contributed by atoms with Gasteiger partial charge in [0.1, 0.15) is 12.7 Å². The molecule has 7 heteroatoms. The van der Waals surface area contributed by atoms with Crippen molar-refractivity contribution < 1.29 is 9.90 Å². The van der Waals surface area contributed by atoms with Crippen molar-refractivity contribution in [2.24, 2.45) is 0 Å². The Kier molecular flexibility index (Phi) is 2.10. The van der Waals surface area contributed by atoms with E-state index in [4.69, 9.17) is 5.11 Å². The van der Waals surface area contributed by atoms with Crippen LogP contribution in [0.2, 0.25) is 0 Å². The predicted molar refractivity (Wildman–Crippen MR) is 55.9 cm³/mol. The van der Waals surface area contributed by atoms with Gasteiger partial charge in [0.15, 0.2) is 0 Å². The average molecular weight is 231 g/mol. The van der Waals surface area contributed by atoms with E-state index in [2.05, 4.69) is 20.1 Å². The highest BCUT2D eigenvalue weighted by molar-refractivity contribution is 5.88. The Bertz CT molecular complexity index is 562. The van der Waals surface area contributed by atoms with Crippen molar-refractivity contribution in [1.82, 2.24) is 24.7 Å². The molecule has 86 valence electrons. The van der Waals surface area contributed by atoms with Gasteiger partial charge < -0.3 is 5.11 Å². The van der Waals surface area contributed by atoms with Gasteiger partial charge >= 0.3 is 5.97 Å². The van der Waals surface area contributed by atoms with Crippen LogP contribution >= 0.6 is 0 Å². The third kappa shape index (κ3) is 1.75.